The van der Waals surface area contributed by atoms with Gasteiger partial charge in [0.05, 0.1) is 12.2 Å². The molecule has 0 bridgehead atoms. The molecular formula is C22H27N3O5S. The Kier molecular flexibility index (Phi) is 7.29. The monoisotopic (exact) mass is 445 g/mol. The van der Waals surface area contributed by atoms with Gasteiger partial charge in [-0.1, -0.05) is 6.92 Å². The molecule has 0 radical (unpaired) electrons. The van der Waals surface area contributed by atoms with Crippen LogP contribution >= 0.6 is 11.3 Å². The van der Waals surface area contributed by atoms with Crippen molar-refractivity contribution < 1.29 is 23.9 Å². The van der Waals surface area contributed by atoms with E-state index in [2.05, 4.69) is 12.2 Å². The van der Waals surface area contributed by atoms with Gasteiger partial charge in [0, 0.05) is 10.4 Å². The normalized spacial score (nSPS) is 16.1. The lowest BCUT2D eigenvalue weighted by Crippen LogP contribution is -2.40. The zero-order valence-electron chi connectivity index (χ0n) is 17.8. The second-order valence-corrected chi connectivity index (χ2v) is 8.63. The van der Waals surface area contributed by atoms with Gasteiger partial charge >= 0.3 is 5.97 Å². The van der Waals surface area contributed by atoms with Crippen molar-refractivity contribution in [1.82, 2.24) is 5.43 Å². The average Bonchev–Trinajstić information content (AvgIpc) is 3.10. The number of nitrogens with one attached hydrogen (secondary N) is 2. The Morgan fingerprint density at radius 1 is 1.26 bits per heavy atom. The van der Waals surface area contributed by atoms with Crippen LogP contribution in [0, 0.1) is 5.92 Å². The summed E-state index contributed by atoms with van der Waals surface area (Å²) in [5, 5.41) is 3.41. The molecule has 1 aliphatic rings. The minimum atomic E-state index is -0.767. The molecule has 1 aromatic heterocycles. The molecule has 0 unspecified atom stereocenters. The fourth-order valence-electron chi connectivity index (χ4n) is 3.49. The van der Waals surface area contributed by atoms with Gasteiger partial charge in [0.15, 0.2) is 6.10 Å². The number of nitrogens with two attached hydrogens (primary N) is 1. The number of anilines is 1. The summed E-state index contributed by atoms with van der Waals surface area (Å²) in [6.45, 7) is 5.79. The standard InChI is InChI=1S/C22H27N3O5S/c1-4-29-22(28)18-16-10-5-12(2)11-17(16)31-21(18)24-20(27)14-6-8-15(9-7-14)30-13(3)19(26)25-23/h6-9,12-13H,4-5,10-11,23H2,1-3H3,(H,24,27)(H,25,26)/t12-,13+/m0/s1. The first kappa shape index (κ1) is 22.8. The number of hydrazine groups is 1. The third kappa shape index (κ3) is 5.23. The number of thiophene rings is 1. The Balaban J connectivity index is 1.78. The Morgan fingerprint density at radius 2 is 1.97 bits per heavy atom. The van der Waals surface area contributed by atoms with E-state index in [0.29, 0.717) is 27.8 Å². The molecule has 1 aromatic carbocycles. The first-order chi connectivity index (χ1) is 14.8. The number of rotatable bonds is 7. The molecule has 2 atom stereocenters. The Labute approximate surface area is 185 Å². The van der Waals surface area contributed by atoms with Gasteiger partial charge in [0.25, 0.3) is 11.8 Å². The van der Waals surface area contributed by atoms with Gasteiger partial charge in [-0.05, 0) is 68.9 Å². The summed E-state index contributed by atoms with van der Waals surface area (Å²) in [5.41, 5.74) is 3.89. The molecule has 4 N–H and O–H groups in total. The van der Waals surface area contributed by atoms with E-state index in [-0.39, 0.29) is 12.5 Å². The van der Waals surface area contributed by atoms with E-state index in [9.17, 15) is 14.4 Å². The van der Waals surface area contributed by atoms with Crippen molar-refractivity contribution >= 4 is 34.1 Å². The highest BCUT2D eigenvalue weighted by atomic mass is 32.1. The highest BCUT2D eigenvalue weighted by Crippen LogP contribution is 2.40. The molecule has 1 heterocycles. The lowest BCUT2D eigenvalue weighted by atomic mass is 9.88. The molecular weight excluding hydrogens is 418 g/mol. The van der Waals surface area contributed by atoms with E-state index in [1.807, 2.05) is 5.43 Å². The van der Waals surface area contributed by atoms with E-state index in [4.69, 9.17) is 15.3 Å². The van der Waals surface area contributed by atoms with Crippen molar-refractivity contribution in [3.8, 4) is 5.75 Å². The lowest BCUT2D eigenvalue weighted by molar-refractivity contribution is -0.127. The number of hydrogen-bond acceptors (Lipinski definition) is 7. The van der Waals surface area contributed by atoms with Gasteiger partial charge in [-0.3, -0.25) is 15.0 Å². The maximum Gasteiger partial charge on any atom is 0.341 e. The van der Waals surface area contributed by atoms with Crippen molar-refractivity contribution in [2.45, 2.75) is 46.1 Å². The number of benzene rings is 1. The highest BCUT2D eigenvalue weighted by molar-refractivity contribution is 7.17. The number of carbonyl (C=O) groups excluding carboxylic acids is 3. The summed E-state index contributed by atoms with van der Waals surface area (Å²) in [5.74, 6) is 4.88. The predicted molar refractivity (Wildman–Crippen MR) is 118 cm³/mol. The van der Waals surface area contributed by atoms with Gasteiger partial charge in [-0.15, -0.1) is 11.3 Å². The van der Waals surface area contributed by atoms with Crippen LogP contribution in [0.3, 0.4) is 0 Å². The maximum absolute atomic E-state index is 12.8. The van der Waals surface area contributed by atoms with Crippen LogP contribution in [-0.4, -0.2) is 30.5 Å². The fraction of sp³-hybridized carbons (Fsp3) is 0.409. The molecule has 0 saturated carbocycles. The van der Waals surface area contributed by atoms with Crippen LogP contribution in [0.4, 0.5) is 5.00 Å². The first-order valence-electron chi connectivity index (χ1n) is 10.2. The third-order valence-corrected chi connectivity index (χ3v) is 6.33. The van der Waals surface area contributed by atoms with Gasteiger partial charge < -0.3 is 14.8 Å². The summed E-state index contributed by atoms with van der Waals surface area (Å²) < 4.78 is 10.7. The molecule has 166 valence electrons. The molecule has 2 amide bonds. The molecule has 8 nitrogen and oxygen atoms in total. The zero-order valence-corrected chi connectivity index (χ0v) is 18.6. The molecule has 1 aliphatic carbocycles. The van der Waals surface area contributed by atoms with Crippen LogP contribution in [0.5, 0.6) is 5.75 Å². The quantitative estimate of drug-likeness (QED) is 0.261. The topological polar surface area (TPSA) is 120 Å². The van der Waals surface area contributed by atoms with Gasteiger partial charge in [0.1, 0.15) is 10.8 Å². The van der Waals surface area contributed by atoms with Crippen molar-refractivity contribution in [1.29, 1.82) is 0 Å². The van der Waals surface area contributed by atoms with Crippen molar-refractivity contribution in [2.75, 3.05) is 11.9 Å². The van der Waals surface area contributed by atoms with E-state index >= 15 is 0 Å². The van der Waals surface area contributed by atoms with E-state index in [0.717, 1.165) is 29.7 Å². The van der Waals surface area contributed by atoms with Crippen LogP contribution in [-0.2, 0) is 22.4 Å². The number of esters is 1. The number of amides is 2. The number of carbonyl (C=O) groups is 3. The summed E-state index contributed by atoms with van der Waals surface area (Å²) in [6.07, 6.45) is 1.93. The van der Waals surface area contributed by atoms with E-state index in [1.54, 1.807) is 38.1 Å². The maximum atomic E-state index is 12.8. The molecule has 0 saturated heterocycles. The largest absolute Gasteiger partial charge is 0.481 e. The predicted octanol–water partition coefficient (Wildman–Crippen LogP) is 3.06. The molecule has 0 fully saturated rings. The molecule has 0 spiro atoms. The second-order valence-electron chi connectivity index (χ2n) is 7.52. The average molecular weight is 446 g/mol. The van der Waals surface area contributed by atoms with Crippen LogP contribution in [0.1, 0.15) is 58.3 Å². The Bertz CT molecular complexity index is 970. The van der Waals surface area contributed by atoms with E-state index in [1.165, 1.54) is 11.3 Å². The molecule has 9 heteroatoms. The third-order valence-electron chi connectivity index (χ3n) is 5.16. The minimum Gasteiger partial charge on any atom is -0.481 e. The minimum absolute atomic E-state index is 0.273. The summed E-state index contributed by atoms with van der Waals surface area (Å²) in [7, 11) is 0. The highest BCUT2D eigenvalue weighted by Gasteiger charge is 2.29. The SMILES string of the molecule is CCOC(=O)c1c(NC(=O)c2ccc(O[C@H](C)C(=O)NN)cc2)sc2c1CC[C@H](C)C2. The van der Waals surface area contributed by atoms with Crippen molar-refractivity contribution in [2.24, 2.45) is 11.8 Å². The Hall–Kier alpha value is -2.91. The molecule has 2 aromatic rings. The van der Waals surface area contributed by atoms with E-state index < -0.39 is 18.0 Å². The summed E-state index contributed by atoms with van der Waals surface area (Å²) in [6, 6.07) is 6.39. The number of ether oxygens (including phenoxy) is 2. The van der Waals surface area contributed by atoms with Crippen LogP contribution < -0.4 is 21.3 Å². The molecule has 3 rings (SSSR count). The van der Waals surface area contributed by atoms with Crippen LogP contribution in [0.2, 0.25) is 0 Å². The van der Waals surface area contributed by atoms with Crippen LogP contribution in [0.15, 0.2) is 24.3 Å². The van der Waals surface area contributed by atoms with Gasteiger partial charge in [0.2, 0.25) is 0 Å². The second kappa shape index (κ2) is 9.93. The van der Waals surface area contributed by atoms with Gasteiger partial charge in [-0.2, -0.15) is 0 Å². The number of hydrogen-bond donors (Lipinski definition) is 3. The van der Waals surface area contributed by atoms with Crippen molar-refractivity contribution in [3.05, 3.63) is 45.8 Å². The van der Waals surface area contributed by atoms with Crippen molar-refractivity contribution in [3.63, 3.8) is 0 Å². The number of fused-ring (bicyclic) bond motifs is 1. The molecule has 31 heavy (non-hydrogen) atoms. The Morgan fingerprint density at radius 3 is 2.61 bits per heavy atom. The fourth-order valence-corrected chi connectivity index (χ4v) is 4.89. The first-order valence-corrected chi connectivity index (χ1v) is 11.1. The molecule has 0 aliphatic heterocycles. The van der Waals surface area contributed by atoms with Gasteiger partial charge in [-0.25, -0.2) is 10.6 Å². The smallest absolute Gasteiger partial charge is 0.341 e. The summed E-state index contributed by atoms with van der Waals surface area (Å²) >= 11 is 1.45. The summed E-state index contributed by atoms with van der Waals surface area (Å²) in [4.78, 5) is 38.0. The zero-order chi connectivity index (χ0) is 22.5. The lowest BCUT2D eigenvalue weighted by Gasteiger charge is -2.18. The van der Waals surface area contributed by atoms with Crippen LogP contribution in [0.25, 0.3) is 0 Å².